The summed E-state index contributed by atoms with van der Waals surface area (Å²) >= 11 is 0. The Balaban J connectivity index is 1.59. The lowest BCUT2D eigenvalue weighted by molar-refractivity contribution is -0.428. The highest BCUT2D eigenvalue weighted by atomic mass is 17.0. The standard InChI is InChI=1S/C17H12O8/c18-13(9-1-2-9)22-17(23-14(19)10-3-4-10,24-15(20)11-5-6-11)25-16(21)12-7-8-12/h1,3,5,7H,2,4,6,8H2. The number of hydrogen-bond donors (Lipinski definition) is 0. The molecule has 0 saturated heterocycles. The Morgan fingerprint density at radius 2 is 0.760 bits per heavy atom. The van der Waals surface area contributed by atoms with Crippen molar-refractivity contribution in [2.45, 2.75) is 31.8 Å². The van der Waals surface area contributed by atoms with Gasteiger partial charge in [0.1, 0.15) is 0 Å². The zero-order valence-electron chi connectivity index (χ0n) is 12.9. The van der Waals surface area contributed by atoms with E-state index in [4.69, 9.17) is 18.9 Å². The molecule has 0 radical (unpaired) electrons. The summed E-state index contributed by atoms with van der Waals surface area (Å²) < 4.78 is 20.0. The van der Waals surface area contributed by atoms with Gasteiger partial charge in [-0.3, -0.25) is 0 Å². The minimum Gasteiger partial charge on any atom is -0.348 e. The molecule has 0 heterocycles. The van der Waals surface area contributed by atoms with Crippen molar-refractivity contribution in [2.75, 3.05) is 0 Å². The molecule has 0 unspecified atom stereocenters. The molecule has 0 aromatic carbocycles. The first-order valence-corrected chi connectivity index (χ1v) is 7.65. The van der Waals surface area contributed by atoms with E-state index in [9.17, 15) is 19.2 Å². The zero-order valence-corrected chi connectivity index (χ0v) is 12.9. The minimum absolute atomic E-state index is 0.300. The Morgan fingerprint density at radius 3 is 0.920 bits per heavy atom. The van der Waals surface area contributed by atoms with Gasteiger partial charge in [0, 0.05) is 22.3 Å². The third-order valence-electron chi connectivity index (χ3n) is 3.55. The van der Waals surface area contributed by atoms with Gasteiger partial charge in [0.15, 0.2) is 0 Å². The number of carbonyl (C=O) groups excluding carboxylic acids is 4. The van der Waals surface area contributed by atoms with Crippen LogP contribution >= 0.6 is 0 Å². The lowest BCUT2D eigenvalue weighted by Crippen LogP contribution is -2.48. The molecule has 0 bridgehead atoms. The first-order chi connectivity index (χ1) is 12.0. The molecule has 4 aliphatic carbocycles. The molecule has 0 fully saturated rings. The van der Waals surface area contributed by atoms with Gasteiger partial charge in [-0.05, 0) is 25.7 Å². The molecule has 8 heteroatoms. The molecule has 0 aliphatic heterocycles. The van der Waals surface area contributed by atoms with Crippen molar-refractivity contribution in [1.29, 1.82) is 0 Å². The maximum absolute atomic E-state index is 12.0. The summed E-state index contributed by atoms with van der Waals surface area (Å²) in [5, 5.41) is 0. The normalized spacial score (nSPS) is 18.6. The largest absolute Gasteiger partial charge is 0.620 e. The van der Waals surface area contributed by atoms with Gasteiger partial charge in [-0.15, -0.1) is 0 Å². The summed E-state index contributed by atoms with van der Waals surface area (Å²) in [6.07, 6.45) is 4.95. The van der Waals surface area contributed by atoms with E-state index in [1.165, 1.54) is 0 Å². The van der Waals surface area contributed by atoms with Crippen LogP contribution in [0, 0.1) is 0 Å². The molecular formula is C17H12O8. The quantitative estimate of drug-likeness (QED) is 0.476. The second-order valence-corrected chi connectivity index (χ2v) is 5.79. The Hall–Kier alpha value is -3.16. The number of carbonyl (C=O) groups is 4. The van der Waals surface area contributed by atoms with Gasteiger partial charge in [0.05, 0.1) is 0 Å². The fraction of sp³-hybridized carbons (Fsp3) is 0.294. The van der Waals surface area contributed by atoms with Gasteiger partial charge in [0.25, 0.3) is 0 Å². The topological polar surface area (TPSA) is 105 Å². The second kappa shape index (κ2) is 5.44. The van der Waals surface area contributed by atoms with Crippen molar-refractivity contribution in [3.05, 3.63) is 46.6 Å². The first kappa shape index (κ1) is 15.4. The van der Waals surface area contributed by atoms with Crippen molar-refractivity contribution >= 4 is 23.9 Å². The van der Waals surface area contributed by atoms with Gasteiger partial charge < -0.3 is 18.9 Å². The monoisotopic (exact) mass is 344 g/mol. The predicted octanol–water partition coefficient (Wildman–Crippen LogP) is 1.09. The molecule has 0 amide bonds. The Labute approximate surface area is 141 Å². The lowest BCUT2D eigenvalue weighted by atomic mass is 10.5. The van der Waals surface area contributed by atoms with Crippen LogP contribution in [-0.4, -0.2) is 30.0 Å². The van der Waals surface area contributed by atoms with Crippen LogP contribution in [0.15, 0.2) is 46.6 Å². The van der Waals surface area contributed by atoms with Gasteiger partial charge in [-0.2, -0.15) is 0 Å². The van der Waals surface area contributed by atoms with Gasteiger partial charge in [-0.25, -0.2) is 19.2 Å². The maximum atomic E-state index is 12.0. The molecule has 25 heavy (non-hydrogen) atoms. The molecule has 0 aromatic rings. The average molecular weight is 344 g/mol. The molecule has 4 aliphatic rings. The van der Waals surface area contributed by atoms with Crippen LogP contribution in [-0.2, 0) is 38.1 Å². The highest BCUT2D eigenvalue weighted by molar-refractivity contribution is 5.97. The zero-order chi connectivity index (χ0) is 17.6. The van der Waals surface area contributed by atoms with Crippen molar-refractivity contribution in [1.82, 2.24) is 0 Å². The minimum atomic E-state index is -2.89. The van der Waals surface area contributed by atoms with E-state index >= 15 is 0 Å². The molecule has 128 valence electrons. The van der Waals surface area contributed by atoms with Gasteiger partial charge in [0.2, 0.25) is 0 Å². The van der Waals surface area contributed by atoms with Crippen LogP contribution in [0.3, 0.4) is 0 Å². The Kier molecular flexibility index (Phi) is 3.34. The first-order valence-electron chi connectivity index (χ1n) is 7.65. The number of rotatable bonds is 8. The number of hydrogen-bond acceptors (Lipinski definition) is 8. The Bertz CT molecular complexity index is 697. The molecule has 0 N–H and O–H groups in total. The summed E-state index contributed by atoms with van der Waals surface area (Å²) in [5.41, 5.74) is 1.20. The lowest BCUT2D eigenvalue weighted by Gasteiger charge is -2.27. The molecular weight excluding hydrogens is 332 g/mol. The highest BCUT2D eigenvalue weighted by Crippen LogP contribution is 2.33. The van der Waals surface area contributed by atoms with Gasteiger partial charge in [-0.1, -0.05) is 24.3 Å². The van der Waals surface area contributed by atoms with E-state index < -0.39 is 30.0 Å². The van der Waals surface area contributed by atoms with E-state index in [0.29, 0.717) is 48.0 Å². The van der Waals surface area contributed by atoms with Gasteiger partial charge >= 0.3 is 30.0 Å². The van der Waals surface area contributed by atoms with E-state index in [0.717, 1.165) is 0 Å². The van der Waals surface area contributed by atoms with Crippen molar-refractivity contribution < 1.29 is 38.1 Å². The van der Waals surface area contributed by atoms with Crippen LogP contribution in [0.1, 0.15) is 25.7 Å². The third kappa shape index (κ3) is 3.68. The highest BCUT2D eigenvalue weighted by Gasteiger charge is 2.53. The fourth-order valence-corrected chi connectivity index (χ4v) is 1.71. The van der Waals surface area contributed by atoms with Crippen LogP contribution in [0.25, 0.3) is 0 Å². The number of esters is 4. The van der Waals surface area contributed by atoms with E-state index in [1.807, 2.05) is 0 Å². The average Bonchev–Trinajstić information content (AvgIpc) is 3.37. The van der Waals surface area contributed by atoms with Crippen molar-refractivity contribution in [3.63, 3.8) is 0 Å². The van der Waals surface area contributed by atoms with E-state index in [-0.39, 0.29) is 0 Å². The summed E-state index contributed by atoms with van der Waals surface area (Å²) in [6, 6.07) is 0. The van der Waals surface area contributed by atoms with Crippen LogP contribution in [0.4, 0.5) is 0 Å². The van der Waals surface area contributed by atoms with E-state index in [2.05, 4.69) is 0 Å². The second-order valence-electron chi connectivity index (χ2n) is 5.79. The smallest absolute Gasteiger partial charge is 0.348 e. The maximum Gasteiger partial charge on any atom is 0.620 e. The summed E-state index contributed by atoms with van der Waals surface area (Å²) in [7, 11) is 0. The molecule has 4 rings (SSSR count). The Morgan fingerprint density at radius 1 is 0.560 bits per heavy atom. The van der Waals surface area contributed by atoms with Crippen molar-refractivity contribution in [2.24, 2.45) is 0 Å². The van der Waals surface area contributed by atoms with Crippen molar-refractivity contribution in [3.8, 4) is 0 Å². The van der Waals surface area contributed by atoms with Crippen LogP contribution < -0.4 is 0 Å². The molecule has 0 atom stereocenters. The van der Waals surface area contributed by atoms with Crippen LogP contribution in [0.5, 0.6) is 0 Å². The number of ether oxygens (including phenoxy) is 4. The SMILES string of the molecule is O=C(OC(OC(=O)C1=CC1)(OC(=O)C1=CC1)OC(=O)C1=CC1)C1=CC1. The fourth-order valence-electron chi connectivity index (χ4n) is 1.71. The van der Waals surface area contributed by atoms with E-state index in [1.54, 1.807) is 24.3 Å². The summed E-state index contributed by atoms with van der Waals surface area (Å²) in [5.74, 6) is -3.58. The molecule has 8 nitrogen and oxygen atoms in total. The number of allylic oxidation sites excluding steroid dienone is 4. The molecule has 0 saturated carbocycles. The summed E-state index contributed by atoms with van der Waals surface area (Å²) in [6.45, 7) is 0. The molecule has 0 aromatic heterocycles. The summed E-state index contributed by atoms with van der Waals surface area (Å²) in [4.78, 5) is 48.1. The molecule has 0 spiro atoms. The third-order valence-corrected chi connectivity index (χ3v) is 3.55. The predicted molar refractivity (Wildman–Crippen MR) is 77.9 cm³/mol. The van der Waals surface area contributed by atoms with Crippen LogP contribution in [0.2, 0.25) is 0 Å².